The highest BCUT2D eigenvalue weighted by atomic mass is 32.2. The van der Waals surface area contributed by atoms with Crippen molar-refractivity contribution >= 4 is 33.4 Å². The summed E-state index contributed by atoms with van der Waals surface area (Å²) in [6.45, 7) is 0. The first-order valence-electron chi connectivity index (χ1n) is 5.90. The summed E-state index contributed by atoms with van der Waals surface area (Å²) >= 11 is 2.57. The zero-order valence-corrected chi connectivity index (χ0v) is 12.5. The van der Waals surface area contributed by atoms with E-state index in [-0.39, 0.29) is 11.3 Å². The normalized spacial score (nSPS) is 11.0. The fourth-order valence-corrected chi connectivity index (χ4v) is 3.14. The van der Waals surface area contributed by atoms with Crippen LogP contribution < -0.4 is 4.74 Å². The SMILES string of the molecule is COc1nc2nc(SCc3cccc(F)c3F)ncc2s1. The fraction of sp³-hybridized carbons (Fsp3) is 0.154. The van der Waals surface area contributed by atoms with Crippen LogP contribution >= 0.6 is 23.1 Å². The molecule has 2 aromatic heterocycles. The number of ether oxygens (including phenoxy) is 1. The summed E-state index contributed by atoms with van der Waals surface area (Å²) in [6, 6.07) is 4.10. The molecule has 0 N–H and O–H groups in total. The van der Waals surface area contributed by atoms with E-state index >= 15 is 0 Å². The average molecular weight is 325 g/mol. The standard InChI is InChI=1S/C13H9F2N3OS2/c1-19-13-18-11-9(21-13)5-16-12(17-11)20-6-7-3-2-4-8(14)10(7)15/h2-5H,6H2,1H3. The minimum absolute atomic E-state index is 0.246. The molecule has 8 heteroatoms. The molecule has 108 valence electrons. The van der Waals surface area contributed by atoms with Gasteiger partial charge in [-0.2, -0.15) is 4.98 Å². The molecule has 0 saturated carbocycles. The van der Waals surface area contributed by atoms with Gasteiger partial charge in [-0.25, -0.2) is 18.7 Å². The van der Waals surface area contributed by atoms with Gasteiger partial charge < -0.3 is 4.74 Å². The summed E-state index contributed by atoms with van der Waals surface area (Å²) in [5, 5.41) is 0.969. The van der Waals surface area contributed by atoms with Crippen LogP contribution in [-0.2, 0) is 5.75 Å². The van der Waals surface area contributed by atoms with Crippen LogP contribution in [0.25, 0.3) is 10.3 Å². The molecule has 0 fully saturated rings. The molecule has 21 heavy (non-hydrogen) atoms. The molecule has 0 aliphatic heterocycles. The molecule has 3 aromatic rings. The molecule has 1 aromatic carbocycles. The molecule has 0 amide bonds. The van der Waals surface area contributed by atoms with Crippen LogP contribution in [0, 0.1) is 11.6 Å². The summed E-state index contributed by atoms with van der Waals surface area (Å²) in [5.41, 5.74) is 0.814. The molecule has 0 unspecified atom stereocenters. The summed E-state index contributed by atoms with van der Waals surface area (Å²) < 4.78 is 32.5. The van der Waals surface area contributed by atoms with Gasteiger partial charge in [0.1, 0.15) is 0 Å². The zero-order valence-electron chi connectivity index (χ0n) is 10.8. The smallest absolute Gasteiger partial charge is 0.275 e. The lowest BCUT2D eigenvalue weighted by molar-refractivity contribution is 0.412. The fourth-order valence-electron chi connectivity index (χ4n) is 1.66. The van der Waals surface area contributed by atoms with Gasteiger partial charge in [0.05, 0.1) is 18.0 Å². The Kier molecular flexibility index (Phi) is 3.98. The maximum atomic E-state index is 13.6. The van der Waals surface area contributed by atoms with Gasteiger partial charge in [0, 0.05) is 11.3 Å². The number of rotatable bonds is 4. The molecule has 0 aliphatic carbocycles. The molecule has 0 aliphatic rings. The van der Waals surface area contributed by atoms with Gasteiger partial charge in [0.2, 0.25) is 0 Å². The predicted molar refractivity (Wildman–Crippen MR) is 77.7 cm³/mol. The molecule has 0 radical (unpaired) electrons. The van der Waals surface area contributed by atoms with E-state index in [2.05, 4.69) is 15.0 Å². The molecule has 2 heterocycles. The van der Waals surface area contributed by atoms with Crippen molar-refractivity contribution in [2.24, 2.45) is 0 Å². The van der Waals surface area contributed by atoms with Crippen LogP contribution in [0.3, 0.4) is 0 Å². The van der Waals surface area contributed by atoms with Gasteiger partial charge in [-0.3, -0.25) is 0 Å². The van der Waals surface area contributed by atoms with Gasteiger partial charge in [0.25, 0.3) is 5.19 Å². The Bertz CT molecular complexity index is 794. The van der Waals surface area contributed by atoms with E-state index in [1.807, 2.05) is 0 Å². The van der Waals surface area contributed by atoms with Crippen LogP contribution in [0.4, 0.5) is 8.78 Å². The molecule has 3 rings (SSSR count). The highest BCUT2D eigenvalue weighted by Crippen LogP contribution is 2.28. The van der Waals surface area contributed by atoms with Gasteiger partial charge in [-0.1, -0.05) is 35.2 Å². The quantitative estimate of drug-likeness (QED) is 0.541. The van der Waals surface area contributed by atoms with Crippen molar-refractivity contribution < 1.29 is 13.5 Å². The first-order valence-corrected chi connectivity index (χ1v) is 7.71. The van der Waals surface area contributed by atoms with Gasteiger partial charge in [-0.15, -0.1) is 0 Å². The third kappa shape index (κ3) is 2.96. The molecule has 0 bridgehead atoms. The van der Waals surface area contributed by atoms with E-state index in [9.17, 15) is 8.78 Å². The monoisotopic (exact) mass is 325 g/mol. The number of methoxy groups -OCH3 is 1. The van der Waals surface area contributed by atoms with Crippen LogP contribution in [0.2, 0.25) is 0 Å². The van der Waals surface area contributed by atoms with Gasteiger partial charge >= 0.3 is 0 Å². The minimum atomic E-state index is -0.853. The highest BCUT2D eigenvalue weighted by molar-refractivity contribution is 7.98. The van der Waals surface area contributed by atoms with E-state index < -0.39 is 11.6 Å². The summed E-state index contributed by atoms with van der Waals surface area (Å²) in [4.78, 5) is 12.6. The number of nitrogens with zero attached hydrogens (tertiary/aromatic N) is 3. The Balaban J connectivity index is 1.80. The third-order valence-corrected chi connectivity index (χ3v) is 4.52. The van der Waals surface area contributed by atoms with E-state index in [0.29, 0.717) is 16.0 Å². The molecular formula is C13H9F2N3OS2. The Hall–Kier alpha value is -1.80. The topological polar surface area (TPSA) is 47.9 Å². The van der Waals surface area contributed by atoms with Crippen molar-refractivity contribution in [1.82, 2.24) is 15.0 Å². The predicted octanol–water partition coefficient (Wildman–Crippen LogP) is 3.67. The lowest BCUT2D eigenvalue weighted by Gasteiger charge is -2.02. The van der Waals surface area contributed by atoms with Gasteiger partial charge in [0.15, 0.2) is 22.4 Å². The largest absolute Gasteiger partial charge is 0.473 e. The highest BCUT2D eigenvalue weighted by Gasteiger charge is 2.11. The zero-order chi connectivity index (χ0) is 14.8. The van der Waals surface area contributed by atoms with Crippen molar-refractivity contribution in [3.63, 3.8) is 0 Å². The number of thiazole rings is 1. The average Bonchev–Trinajstić information content (AvgIpc) is 2.91. The van der Waals surface area contributed by atoms with Crippen molar-refractivity contribution in [3.8, 4) is 5.19 Å². The minimum Gasteiger partial charge on any atom is -0.473 e. The first-order chi connectivity index (χ1) is 10.2. The Morgan fingerprint density at radius 1 is 1.29 bits per heavy atom. The number of aromatic nitrogens is 3. The lowest BCUT2D eigenvalue weighted by Crippen LogP contribution is -1.93. The van der Waals surface area contributed by atoms with Crippen LogP contribution in [0.1, 0.15) is 5.56 Å². The van der Waals surface area contributed by atoms with Crippen molar-refractivity contribution in [2.75, 3.05) is 7.11 Å². The third-order valence-electron chi connectivity index (χ3n) is 2.67. The lowest BCUT2D eigenvalue weighted by atomic mass is 10.2. The van der Waals surface area contributed by atoms with Gasteiger partial charge in [-0.05, 0) is 6.07 Å². The number of benzene rings is 1. The van der Waals surface area contributed by atoms with E-state index in [1.165, 1.54) is 42.3 Å². The molecule has 0 spiro atoms. The van der Waals surface area contributed by atoms with Crippen LogP contribution in [0.5, 0.6) is 5.19 Å². The Morgan fingerprint density at radius 2 is 2.14 bits per heavy atom. The Labute approximate surface area is 127 Å². The molecular weight excluding hydrogens is 316 g/mol. The number of fused-ring (bicyclic) bond motifs is 1. The van der Waals surface area contributed by atoms with Crippen molar-refractivity contribution in [1.29, 1.82) is 0 Å². The molecule has 4 nitrogen and oxygen atoms in total. The molecule has 0 atom stereocenters. The summed E-state index contributed by atoms with van der Waals surface area (Å²) in [6.07, 6.45) is 1.65. The molecule has 0 saturated heterocycles. The first kappa shape index (κ1) is 14.2. The van der Waals surface area contributed by atoms with Crippen molar-refractivity contribution in [2.45, 2.75) is 10.9 Å². The Morgan fingerprint density at radius 3 is 2.95 bits per heavy atom. The van der Waals surface area contributed by atoms with Crippen LogP contribution in [0.15, 0.2) is 29.6 Å². The number of thioether (sulfide) groups is 1. The maximum absolute atomic E-state index is 13.6. The second kappa shape index (κ2) is 5.90. The van der Waals surface area contributed by atoms with Crippen molar-refractivity contribution in [3.05, 3.63) is 41.6 Å². The van der Waals surface area contributed by atoms with E-state index in [4.69, 9.17) is 4.74 Å². The summed E-state index contributed by atoms with van der Waals surface area (Å²) in [7, 11) is 1.54. The second-order valence-electron chi connectivity index (χ2n) is 4.03. The second-order valence-corrected chi connectivity index (χ2v) is 5.96. The maximum Gasteiger partial charge on any atom is 0.275 e. The van der Waals surface area contributed by atoms with E-state index in [1.54, 1.807) is 6.20 Å². The summed E-state index contributed by atoms with van der Waals surface area (Å²) in [5.74, 6) is -1.44. The van der Waals surface area contributed by atoms with Crippen LogP contribution in [-0.4, -0.2) is 22.1 Å². The number of hydrogen-bond donors (Lipinski definition) is 0. The number of hydrogen-bond acceptors (Lipinski definition) is 6. The van der Waals surface area contributed by atoms with E-state index in [0.717, 1.165) is 10.8 Å². The number of halogens is 2.